The van der Waals surface area contributed by atoms with Crippen LogP contribution >= 0.6 is 0 Å². The molecule has 0 aliphatic carbocycles. The van der Waals surface area contributed by atoms with Crippen LogP contribution in [0.2, 0.25) is 0 Å². The summed E-state index contributed by atoms with van der Waals surface area (Å²) in [6.07, 6.45) is 3.07. The van der Waals surface area contributed by atoms with Crippen LogP contribution in [0.5, 0.6) is 0 Å². The predicted molar refractivity (Wildman–Crippen MR) is 58.7 cm³/mol. The number of ether oxygens (including phenoxy) is 1. The van der Waals surface area contributed by atoms with Crippen LogP contribution in [0.1, 0.15) is 33.6 Å². The zero-order valence-electron chi connectivity index (χ0n) is 9.58. The molecule has 4 nitrogen and oxygen atoms in total. The fraction of sp³-hybridized carbons (Fsp3) is 0.636. The van der Waals surface area contributed by atoms with Crippen LogP contribution in [-0.2, 0) is 9.53 Å². The predicted octanol–water partition coefficient (Wildman–Crippen LogP) is 2.04. The summed E-state index contributed by atoms with van der Waals surface area (Å²) in [7, 11) is 0. The van der Waals surface area contributed by atoms with Crippen molar-refractivity contribution in [3.63, 3.8) is 0 Å². The minimum Gasteiger partial charge on any atom is -0.444 e. The van der Waals surface area contributed by atoms with Gasteiger partial charge in [-0.15, -0.1) is 6.58 Å². The van der Waals surface area contributed by atoms with Crippen LogP contribution in [-0.4, -0.2) is 24.0 Å². The maximum absolute atomic E-state index is 11.3. The fourth-order valence-electron chi connectivity index (χ4n) is 0.931. The highest BCUT2D eigenvalue weighted by Crippen LogP contribution is 2.07. The molecule has 1 N–H and O–H groups in total. The molecule has 0 bridgehead atoms. The van der Waals surface area contributed by atoms with E-state index in [0.717, 1.165) is 0 Å². The van der Waals surface area contributed by atoms with Gasteiger partial charge in [-0.2, -0.15) is 0 Å². The minimum atomic E-state index is -0.566. The highest BCUT2D eigenvalue weighted by atomic mass is 16.6. The van der Waals surface area contributed by atoms with Crippen LogP contribution in [0, 0.1) is 0 Å². The van der Waals surface area contributed by atoms with Crippen molar-refractivity contribution in [2.24, 2.45) is 0 Å². The number of hydrogen-bond donors (Lipinski definition) is 1. The van der Waals surface area contributed by atoms with Gasteiger partial charge in [-0.1, -0.05) is 6.08 Å². The summed E-state index contributed by atoms with van der Waals surface area (Å²) in [5.74, 6) is 0. The third-order valence-corrected chi connectivity index (χ3v) is 1.55. The second kappa shape index (κ2) is 6.22. The minimum absolute atomic E-state index is 0.502. The van der Waals surface area contributed by atoms with Gasteiger partial charge in [0.1, 0.15) is 11.9 Å². The van der Waals surface area contributed by atoms with E-state index < -0.39 is 17.7 Å². The highest BCUT2D eigenvalue weighted by Gasteiger charge is 2.18. The molecule has 1 amide bonds. The average molecular weight is 213 g/mol. The van der Waals surface area contributed by atoms with E-state index in [9.17, 15) is 9.59 Å². The molecule has 0 heterocycles. The molecule has 0 fully saturated rings. The largest absolute Gasteiger partial charge is 0.444 e. The molecule has 86 valence electrons. The summed E-state index contributed by atoms with van der Waals surface area (Å²) in [6.45, 7) is 8.86. The number of aldehydes is 1. The first kappa shape index (κ1) is 13.7. The number of carbonyl (C=O) groups is 2. The SMILES string of the molecule is C=CCCC(C=O)NC(=O)OC(C)(C)C. The normalized spacial score (nSPS) is 12.7. The van der Waals surface area contributed by atoms with Crippen molar-refractivity contribution in [3.8, 4) is 0 Å². The molecule has 0 saturated heterocycles. The standard InChI is InChI=1S/C11H19NO3/c1-5-6-7-9(8-13)12-10(14)15-11(2,3)4/h5,8-9H,1,6-7H2,2-4H3,(H,12,14). The lowest BCUT2D eigenvalue weighted by Gasteiger charge is -2.21. The van der Waals surface area contributed by atoms with Gasteiger partial charge >= 0.3 is 6.09 Å². The molecule has 1 atom stereocenters. The third kappa shape index (κ3) is 7.73. The van der Waals surface area contributed by atoms with Crippen molar-refractivity contribution in [1.82, 2.24) is 5.32 Å². The highest BCUT2D eigenvalue weighted by molar-refractivity contribution is 5.73. The van der Waals surface area contributed by atoms with Crippen LogP contribution in [0.3, 0.4) is 0 Å². The number of amides is 1. The topological polar surface area (TPSA) is 55.4 Å². The Balaban J connectivity index is 4.01. The molecular weight excluding hydrogens is 194 g/mol. The average Bonchev–Trinajstić information content (AvgIpc) is 2.09. The summed E-state index contributed by atoms with van der Waals surface area (Å²) in [6, 6.07) is -0.502. The van der Waals surface area contributed by atoms with Crippen LogP contribution in [0.25, 0.3) is 0 Å². The molecule has 0 aromatic carbocycles. The molecule has 0 spiro atoms. The van der Waals surface area contributed by atoms with Crippen LogP contribution in [0.4, 0.5) is 4.79 Å². The van der Waals surface area contributed by atoms with Gasteiger partial charge in [0, 0.05) is 0 Å². The number of rotatable bonds is 5. The van der Waals surface area contributed by atoms with Gasteiger partial charge in [0.05, 0.1) is 6.04 Å². The van der Waals surface area contributed by atoms with Crippen molar-refractivity contribution in [1.29, 1.82) is 0 Å². The second-order valence-corrected chi connectivity index (χ2v) is 4.25. The number of allylic oxidation sites excluding steroid dienone is 1. The van der Waals surface area contributed by atoms with Crippen molar-refractivity contribution in [2.75, 3.05) is 0 Å². The van der Waals surface area contributed by atoms with E-state index in [2.05, 4.69) is 11.9 Å². The molecular formula is C11H19NO3. The van der Waals surface area contributed by atoms with Gasteiger partial charge in [0.25, 0.3) is 0 Å². The van der Waals surface area contributed by atoms with Gasteiger partial charge in [0.2, 0.25) is 0 Å². The van der Waals surface area contributed by atoms with E-state index in [-0.39, 0.29) is 0 Å². The smallest absolute Gasteiger partial charge is 0.408 e. The van der Waals surface area contributed by atoms with Gasteiger partial charge < -0.3 is 14.8 Å². The monoisotopic (exact) mass is 213 g/mol. The number of carbonyl (C=O) groups excluding carboxylic acids is 2. The molecule has 0 saturated carbocycles. The Morgan fingerprint density at radius 1 is 1.53 bits per heavy atom. The van der Waals surface area contributed by atoms with Gasteiger partial charge in [-0.3, -0.25) is 0 Å². The summed E-state index contributed by atoms with van der Waals surface area (Å²) < 4.78 is 5.02. The Kier molecular flexibility index (Phi) is 5.67. The van der Waals surface area contributed by atoms with Crippen LogP contribution < -0.4 is 5.32 Å². The van der Waals surface area contributed by atoms with E-state index in [1.807, 2.05) is 0 Å². The molecule has 4 heteroatoms. The number of alkyl carbamates (subject to hydrolysis) is 1. The van der Waals surface area contributed by atoms with Crippen molar-refractivity contribution >= 4 is 12.4 Å². The lowest BCUT2D eigenvalue weighted by Crippen LogP contribution is -2.39. The first-order valence-corrected chi connectivity index (χ1v) is 4.94. The first-order valence-electron chi connectivity index (χ1n) is 4.94. The lowest BCUT2D eigenvalue weighted by atomic mass is 10.2. The Hall–Kier alpha value is -1.32. The summed E-state index contributed by atoms with van der Waals surface area (Å²) in [5, 5.41) is 2.48. The summed E-state index contributed by atoms with van der Waals surface area (Å²) >= 11 is 0. The maximum Gasteiger partial charge on any atom is 0.408 e. The molecule has 0 rings (SSSR count). The van der Waals surface area contributed by atoms with Crippen molar-refractivity contribution < 1.29 is 14.3 Å². The molecule has 0 radical (unpaired) electrons. The fourth-order valence-corrected chi connectivity index (χ4v) is 0.931. The number of nitrogens with one attached hydrogen (secondary N) is 1. The lowest BCUT2D eigenvalue weighted by molar-refractivity contribution is -0.109. The Bertz CT molecular complexity index is 230. The Morgan fingerprint density at radius 3 is 2.53 bits per heavy atom. The Labute approximate surface area is 90.7 Å². The van der Waals surface area contributed by atoms with Crippen molar-refractivity contribution in [3.05, 3.63) is 12.7 Å². The van der Waals surface area contributed by atoms with E-state index in [0.29, 0.717) is 19.1 Å². The molecule has 1 unspecified atom stereocenters. The van der Waals surface area contributed by atoms with Gasteiger partial charge in [0.15, 0.2) is 0 Å². The molecule has 0 aromatic rings. The third-order valence-electron chi connectivity index (χ3n) is 1.55. The zero-order chi connectivity index (χ0) is 11.9. The quantitative estimate of drug-likeness (QED) is 0.561. The van der Waals surface area contributed by atoms with Gasteiger partial charge in [-0.25, -0.2) is 4.79 Å². The van der Waals surface area contributed by atoms with Gasteiger partial charge in [-0.05, 0) is 33.6 Å². The molecule has 0 aliphatic heterocycles. The maximum atomic E-state index is 11.3. The van der Waals surface area contributed by atoms with E-state index >= 15 is 0 Å². The van der Waals surface area contributed by atoms with Crippen molar-refractivity contribution in [2.45, 2.75) is 45.3 Å². The molecule has 0 aliphatic rings. The molecule has 0 aromatic heterocycles. The first-order chi connectivity index (χ1) is 6.89. The second-order valence-electron chi connectivity index (χ2n) is 4.25. The molecule has 15 heavy (non-hydrogen) atoms. The van der Waals surface area contributed by atoms with E-state index in [1.165, 1.54) is 0 Å². The number of hydrogen-bond acceptors (Lipinski definition) is 3. The van der Waals surface area contributed by atoms with E-state index in [1.54, 1.807) is 26.8 Å². The van der Waals surface area contributed by atoms with E-state index in [4.69, 9.17) is 4.74 Å². The summed E-state index contributed by atoms with van der Waals surface area (Å²) in [4.78, 5) is 21.9. The summed E-state index contributed by atoms with van der Waals surface area (Å²) in [5.41, 5.74) is -0.546. The van der Waals surface area contributed by atoms with Crippen LogP contribution in [0.15, 0.2) is 12.7 Å². The Morgan fingerprint density at radius 2 is 2.13 bits per heavy atom. The zero-order valence-corrected chi connectivity index (χ0v) is 9.58.